The molecule has 1 aromatic carbocycles. The van der Waals surface area contributed by atoms with E-state index in [0.29, 0.717) is 18.8 Å². The van der Waals surface area contributed by atoms with Crippen LogP contribution in [-0.4, -0.2) is 70.0 Å². The molecular formula is C16H22F3N3O3. The minimum absolute atomic E-state index is 0.128. The molecule has 9 heteroatoms. The number of alkyl halides is 3. The fourth-order valence-corrected chi connectivity index (χ4v) is 2.80. The number of piperazine rings is 1. The summed E-state index contributed by atoms with van der Waals surface area (Å²) < 4.78 is 50.3. The second-order valence-corrected chi connectivity index (χ2v) is 5.59. The zero-order chi connectivity index (χ0) is 18.4. The lowest BCUT2D eigenvalue weighted by atomic mass is 10.1. The van der Waals surface area contributed by atoms with Crippen LogP contribution >= 0.6 is 0 Å². The summed E-state index contributed by atoms with van der Waals surface area (Å²) in [7, 11) is 2.79. The maximum Gasteiger partial charge on any atom is 0.405 e. The molecule has 1 heterocycles. The zero-order valence-electron chi connectivity index (χ0n) is 14.2. The third-order valence-electron chi connectivity index (χ3n) is 4.07. The second-order valence-electron chi connectivity index (χ2n) is 5.59. The first-order valence-electron chi connectivity index (χ1n) is 7.89. The number of halogens is 3. The Hall–Kier alpha value is -2.00. The number of nitrogens with one attached hydrogen (secondary N) is 2. The highest BCUT2D eigenvalue weighted by molar-refractivity contribution is 5.97. The summed E-state index contributed by atoms with van der Waals surface area (Å²) in [4.78, 5) is 13.7. The van der Waals surface area contributed by atoms with Crippen LogP contribution in [0.15, 0.2) is 18.2 Å². The van der Waals surface area contributed by atoms with Crippen LogP contribution < -0.4 is 20.1 Å². The van der Waals surface area contributed by atoms with Gasteiger partial charge in [-0.3, -0.25) is 9.69 Å². The molecule has 0 saturated carbocycles. The number of nitrogens with zero attached hydrogens (tertiary/aromatic N) is 1. The molecular weight excluding hydrogens is 339 g/mol. The SMILES string of the molecule is COc1cccc(C(=O)NCC(N2CCNCC2)C(F)(F)F)c1OC. The molecule has 1 aromatic rings. The highest BCUT2D eigenvalue weighted by atomic mass is 19.4. The lowest BCUT2D eigenvalue weighted by Crippen LogP contribution is -2.57. The van der Waals surface area contributed by atoms with Gasteiger partial charge in [0, 0.05) is 32.7 Å². The monoisotopic (exact) mass is 361 g/mol. The summed E-state index contributed by atoms with van der Waals surface area (Å²) in [5, 5.41) is 5.39. The Balaban J connectivity index is 2.11. The number of amides is 1. The number of benzene rings is 1. The van der Waals surface area contributed by atoms with Gasteiger partial charge in [0.25, 0.3) is 5.91 Å². The van der Waals surface area contributed by atoms with Crippen molar-refractivity contribution in [1.82, 2.24) is 15.5 Å². The van der Waals surface area contributed by atoms with Gasteiger partial charge >= 0.3 is 6.18 Å². The van der Waals surface area contributed by atoms with Crippen molar-refractivity contribution in [3.63, 3.8) is 0 Å². The van der Waals surface area contributed by atoms with Crippen molar-refractivity contribution in [1.29, 1.82) is 0 Å². The third-order valence-corrected chi connectivity index (χ3v) is 4.07. The summed E-state index contributed by atoms with van der Waals surface area (Å²) in [6.45, 7) is 1.02. The van der Waals surface area contributed by atoms with E-state index >= 15 is 0 Å². The Bertz CT molecular complexity index is 590. The second kappa shape index (κ2) is 8.39. The van der Waals surface area contributed by atoms with Gasteiger partial charge in [0.05, 0.1) is 19.8 Å². The van der Waals surface area contributed by atoms with Crippen molar-refractivity contribution in [2.75, 3.05) is 46.9 Å². The van der Waals surface area contributed by atoms with Gasteiger partial charge in [0.1, 0.15) is 6.04 Å². The largest absolute Gasteiger partial charge is 0.493 e. The summed E-state index contributed by atoms with van der Waals surface area (Å²) in [6.07, 6.45) is -4.43. The number of para-hydroxylation sites is 1. The molecule has 1 saturated heterocycles. The number of carbonyl (C=O) groups excluding carboxylic acids is 1. The molecule has 1 aliphatic heterocycles. The Morgan fingerprint density at radius 3 is 2.52 bits per heavy atom. The van der Waals surface area contributed by atoms with Crippen molar-refractivity contribution >= 4 is 5.91 Å². The van der Waals surface area contributed by atoms with Gasteiger partial charge in [-0.25, -0.2) is 0 Å². The van der Waals surface area contributed by atoms with Gasteiger partial charge in [0.15, 0.2) is 11.5 Å². The van der Waals surface area contributed by atoms with E-state index in [-0.39, 0.29) is 24.4 Å². The van der Waals surface area contributed by atoms with Crippen LogP contribution in [-0.2, 0) is 0 Å². The Morgan fingerprint density at radius 2 is 1.96 bits per heavy atom. The van der Waals surface area contributed by atoms with E-state index in [0.717, 1.165) is 0 Å². The van der Waals surface area contributed by atoms with Crippen molar-refractivity contribution in [2.24, 2.45) is 0 Å². The summed E-state index contributed by atoms with van der Waals surface area (Å²) in [6, 6.07) is 2.93. The molecule has 2 rings (SSSR count). The van der Waals surface area contributed by atoms with Crippen LogP contribution in [0.5, 0.6) is 11.5 Å². The number of hydrogen-bond acceptors (Lipinski definition) is 5. The fraction of sp³-hybridized carbons (Fsp3) is 0.562. The first-order chi connectivity index (χ1) is 11.9. The molecule has 0 aromatic heterocycles. The standard InChI is InChI=1S/C16H22F3N3O3/c1-24-12-5-3-4-11(14(12)25-2)15(23)21-10-13(16(17,18)19)22-8-6-20-7-9-22/h3-5,13,20H,6-10H2,1-2H3,(H,21,23). The van der Waals surface area contributed by atoms with Gasteiger partial charge in [-0.2, -0.15) is 13.2 Å². The highest BCUT2D eigenvalue weighted by Crippen LogP contribution is 2.31. The first kappa shape index (κ1) is 19.3. The predicted octanol–water partition coefficient (Wildman–Crippen LogP) is 1.27. The van der Waals surface area contributed by atoms with Gasteiger partial charge in [-0.1, -0.05) is 6.07 Å². The molecule has 2 N–H and O–H groups in total. The molecule has 1 atom stereocenters. The molecule has 140 valence electrons. The number of rotatable bonds is 6. The topological polar surface area (TPSA) is 62.8 Å². The molecule has 1 amide bonds. The van der Waals surface area contributed by atoms with E-state index in [1.165, 1.54) is 25.2 Å². The van der Waals surface area contributed by atoms with Crippen molar-refractivity contribution in [3.8, 4) is 11.5 Å². The Morgan fingerprint density at radius 1 is 1.28 bits per heavy atom. The third kappa shape index (κ3) is 4.76. The van der Waals surface area contributed by atoms with Crippen LogP contribution in [0.2, 0.25) is 0 Å². The normalized spacial score (nSPS) is 17.0. The van der Waals surface area contributed by atoms with E-state index in [4.69, 9.17) is 9.47 Å². The average molecular weight is 361 g/mol. The number of carbonyl (C=O) groups is 1. The van der Waals surface area contributed by atoms with Gasteiger partial charge in [-0.15, -0.1) is 0 Å². The lowest BCUT2D eigenvalue weighted by Gasteiger charge is -2.35. The van der Waals surface area contributed by atoms with E-state index in [2.05, 4.69) is 10.6 Å². The molecule has 6 nitrogen and oxygen atoms in total. The maximum atomic E-state index is 13.4. The molecule has 1 unspecified atom stereocenters. The minimum atomic E-state index is -4.43. The van der Waals surface area contributed by atoms with Gasteiger partial charge in [-0.05, 0) is 12.1 Å². The predicted molar refractivity (Wildman–Crippen MR) is 86.2 cm³/mol. The van der Waals surface area contributed by atoms with Crippen LogP contribution in [0.25, 0.3) is 0 Å². The quantitative estimate of drug-likeness (QED) is 0.799. The van der Waals surface area contributed by atoms with E-state index in [1.54, 1.807) is 12.1 Å². The number of ether oxygens (including phenoxy) is 2. The smallest absolute Gasteiger partial charge is 0.405 e. The van der Waals surface area contributed by atoms with E-state index in [1.807, 2.05) is 0 Å². The molecule has 1 aliphatic rings. The maximum absolute atomic E-state index is 13.4. The molecule has 0 radical (unpaired) electrons. The first-order valence-corrected chi connectivity index (χ1v) is 7.89. The van der Waals surface area contributed by atoms with Crippen molar-refractivity contribution in [2.45, 2.75) is 12.2 Å². The minimum Gasteiger partial charge on any atom is -0.493 e. The summed E-state index contributed by atoms with van der Waals surface area (Å²) >= 11 is 0. The summed E-state index contributed by atoms with van der Waals surface area (Å²) in [5.41, 5.74) is 0.128. The fourth-order valence-electron chi connectivity index (χ4n) is 2.80. The Labute approximate surface area is 144 Å². The zero-order valence-corrected chi connectivity index (χ0v) is 14.2. The van der Waals surface area contributed by atoms with Crippen LogP contribution in [0.3, 0.4) is 0 Å². The molecule has 0 spiro atoms. The van der Waals surface area contributed by atoms with Gasteiger partial charge in [0.2, 0.25) is 0 Å². The van der Waals surface area contributed by atoms with Crippen molar-refractivity contribution < 1.29 is 27.4 Å². The van der Waals surface area contributed by atoms with E-state index in [9.17, 15) is 18.0 Å². The average Bonchev–Trinajstić information content (AvgIpc) is 2.60. The number of methoxy groups -OCH3 is 2. The number of hydrogen-bond donors (Lipinski definition) is 2. The lowest BCUT2D eigenvalue weighted by molar-refractivity contribution is -0.183. The highest BCUT2D eigenvalue weighted by Gasteiger charge is 2.43. The van der Waals surface area contributed by atoms with E-state index < -0.39 is 24.7 Å². The van der Waals surface area contributed by atoms with Crippen molar-refractivity contribution in [3.05, 3.63) is 23.8 Å². The van der Waals surface area contributed by atoms with Gasteiger partial charge < -0.3 is 20.1 Å². The van der Waals surface area contributed by atoms with Crippen LogP contribution in [0, 0.1) is 0 Å². The Kier molecular flexibility index (Phi) is 6.49. The summed E-state index contributed by atoms with van der Waals surface area (Å²) in [5.74, 6) is -0.113. The van der Waals surface area contributed by atoms with Crippen LogP contribution in [0.4, 0.5) is 13.2 Å². The van der Waals surface area contributed by atoms with Crippen LogP contribution in [0.1, 0.15) is 10.4 Å². The molecule has 0 bridgehead atoms. The molecule has 0 aliphatic carbocycles. The molecule has 25 heavy (non-hydrogen) atoms. The molecule has 1 fully saturated rings.